The third kappa shape index (κ3) is 4.31. The van der Waals surface area contributed by atoms with Gasteiger partial charge in [-0.2, -0.15) is 0 Å². The molecule has 1 saturated heterocycles. The minimum atomic E-state index is -3.44. The summed E-state index contributed by atoms with van der Waals surface area (Å²) in [6.07, 6.45) is -0.354. The average Bonchev–Trinajstić information content (AvgIpc) is 3.04. The van der Waals surface area contributed by atoms with Crippen molar-refractivity contribution >= 4 is 15.7 Å². The average molecular weight is 333 g/mol. The fourth-order valence-corrected chi connectivity index (χ4v) is 3.58. The van der Waals surface area contributed by atoms with Crippen LogP contribution in [0.3, 0.4) is 0 Å². The minimum absolute atomic E-state index is 0.0517. The summed E-state index contributed by atoms with van der Waals surface area (Å²) >= 11 is 0. The Kier molecular flexibility index (Phi) is 4.66. The van der Waals surface area contributed by atoms with E-state index in [9.17, 15) is 8.42 Å². The van der Waals surface area contributed by atoms with Crippen LogP contribution in [0.15, 0.2) is 48.5 Å². The highest BCUT2D eigenvalue weighted by Crippen LogP contribution is 2.24. The fourth-order valence-electron chi connectivity index (χ4n) is 2.38. The van der Waals surface area contributed by atoms with E-state index in [0.717, 1.165) is 16.7 Å². The lowest BCUT2D eigenvalue weighted by Crippen LogP contribution is -2.15. The van der Waals surface area contributed by atoms with E-state index in [0.29, 0.717) is 18.9 Å². The van der Waals surface area contributed by atoms with Gasteiger partial charge in [-0.1, -0.05) is 42.0 Å². The third-order valence-corrected chi connectivity index (χ3v) is 4.82. The number of hydrogen-bond donors (Lipinski definition) is 1. The minimum Gasteiger partial charge on any atom is -0.346 e. The number of hydrogen-bond acceptors (Lipinski definition) is 4. The highest BCUT2D eigenvalue weighted by Gasteiger charge is 2.18. The van der Waals surface area contributed by atoms with E-state index in [1.165, 1.54) is 0 Å². The van der Waals surface area contributed by atoms with Crippen molar-refractivity contribution in [2.45, 2.75) is 19.0 Å². The molecular formula is C17H19NO4S. The highest BCUT2D eigenvalue weighted by molar-refractivity contribution is 7.91. The van der Waals surface area contributed by atoms with Crippen LogP contribution in [0.2, 0.25) is 0 Å². The van der Waals surface area contributed by atoms with Gasteiger partial charge >= 0.3 is 0 Å². The van der Waals surface area contributed by atoms with Crippen LogP contribution < -0.4 is 4.72 Å². The molecule has 122 valence electrons. The summed E-state index contributed by atoms with van der Waals surface area (Å²) in [5, 5.41) is 0. The fraction of sp³-hybridized carbons (Fsp3) is 0.294. The number of benzene rings is 2. The van der Waals surface area contributed by atoms with E-state index in [-0.39, 0.29) is 12.0 Å². The molecule has 1 fully saturated rings. The molecule has 0 spiro atoms. The van der Waals surface area contributed by atoms with Crippen LogP contribution in [0, 0.1) is 6.92 Å². The topological polar surface area (TPSA) is 64.6 Å². The smallest absolute Gasteiger partial charge is 0.236 e. The van der Waals surface area contributed by atoms with Crippen LogP contribution in [0.5, 0.6) is 0 Å². The molecule has 2 aromatic rings. The predicted molar refractivity (Wildman–Crippen MR) is 88.5 cm³/mol. The van der Waals surface area contributed by atoms with Crippen molar-refractivity contribution in [3.63, 3.8) is 0 Å². The van der Waals surface area contributed by atoms with Crippen molar-refractivity contribution in [3.05, 3.63) is 65.2 Å². The molecule has 1 heterocycles. The molecule has 0 aromatic heterocycles. The summed E-state index contributed by atoms with van der Waals surface area (Å²) in [5.74, 6) is -0.0517. The Balaban J connectivity index is 1.66. The van der Waals surface area contributed by atoms with Crippen LogP contribution in [0.4, 0.5) is 5.69 Å². The molecule has 0 saturated carbocycles. The molecule has 0 amide bonds. The van der Waals surface area contributed by atoms with Gasteiger partial charge in [0.2, 0.25) is 10.0 Å². The van der Waals surface area contributed by atoms with E-state index in [2.05, 4.69) is 4.72 Å². The van der Waals surface area contributed by atoms with E-state index in [1.54, 1.807) is 24.3 Å². The van der Waals surface area contributed by atoms with Crippen molar-refractivity contribution in [2.75, 3.05) is 17.9 Å². The molecule has 1 aliphatic heterocycles. The Bertz CT molecular complexity index is 748. The largest absolute Gasteiger partial charge is 0.346 e. The Hall–Kier alpha value is -1.89. The Morgan fingerprint density at radius 2 is 1.61 bits per heavy atom. The maximum absolute atomic E-state index is 12.2. The van der Waals surface area contributed by atoms with E-state index in [4.69, 9.17) is 9.47 Å². The lowest BCUT2D eigenvalue weighted by molar-refractivity contribution is -0.0441. The second-order valence-corrected chi connectivity index (χ2v) is 7.26. The Morgan fingerprint density at radius 3 is 2.22 bits per heavy atom. The molecule has 1 aliphatic rings. The first-order valence-electron chi connectivity index (χ1n) is 7.41. The van der Waals surface area contributed by atoms with Crippen LogP contribution in [0.1, 0.15) is 23.0 Å². The highest BCUT2D eigenvalue weighted by atomic mass is 32.2. The molecule has 23 heavy (non-hydrogen) atoms. The van der Waals surface area contributed by atoms with Crippen molar-refractivity contribution in [1.82, 2.24) is 0 Å². The van der Waals surface area contributed by atoms with E-state index >= 15 is 0 Å². The lowest BCUT2D eigenvalue weighted by atomic mass is 10.2. The van der Waals surface area contributed by atoms with Gasteiger partial charge in [0.15, 0.2) is 6.29 Å². The van der Waals surface area contributed by atoms with Gasteiger partial charge < -0.3 is 9.47 Å². The molecule has 0 aliphatic carbocycles. The van der Waals surface area contributed by atoms with Gasteiger partial charge in [-0.3, -0.25) is 4.72 Å². The molecule has 0 bridgehead atoms. The lowest BCUT2D eigenvalue weighted by Gasteiger charge is -2.11. The normalized spacial score (nSPS) is 15.7. The van der Waals surface area contributed by atoms with E-state index < -0.39 is 10.0 Å². The third-order valence-electron chi connectivity index (χ3n) is 3.56. The van der Waals surface area contributed by atoms with Gasteiger partial charge in [-0.15, -0.1) is 0 Å². The molecule has 6 heteroatoms. The molecule has 5 nitrogen and oxygen atoms in total. The van der Waals surface area contributed by atoms with Crippen molar-refractivity contribution in [1.29, 1.82) is 0 Å². The zero-order valence-electron chi connectivity index (χ0n) is 12.9. The Labute approximate surface area is 136 Å². The molecule has 0 unspecified atom stereocenters. The SMILES string of the molecule is Cc1ccc(CS(=O)(=O)Nc2ccc(C3OCCO3)cc2)cc1. The Morgan fingerprint density at radius 1 is 1.00 bits per heavy atom. The van der Waals surface area contributed by atoms with Crippen LogP contribution in [0.25, 0.3) is 0 Å². The van der Waals surface area contributed by atoms with Crippen molar-refractivity contribution in [2.24, 2.45) is 0 Å². The van der Waals surface area contributed by atoms with Gasteiger partial charge in [0.1, 0.15) is 0 Å². The quantitative estimate of drug-likeness (QED) is 0.913. The molecule has 3 rings (SSSR count). The number of aryl methyl sites for hydroxylation is 1. The monoisotopic (exact) mass is 333 g/mol. The number of rotatable bonds is 5. The first-order chi connectivity index (χ1) is 11.0. The summed E-state index contributed by atoms with van der Waals surface area (Å²) in [6, 6.07) is 14.5. The summed E-state index contributed by atoms with van der Waals surface area (Å²) in [6.45, 7) is 3.13. The number of nitrogens with one attached hydrogen (secondary N) is 1. The maximum Gasteiger partial charge on any atom is 0.236 e. The van der Waals surface area contributed by atoms with Gasteiger partial charge in [0, 0.05) is 11.3 Å². The molecule has 0 radical (unpaired) electrons. The number of anilines is 1. The molecule has 2 aromatic carbocycles. The molecule has 1 N–H and O–H groups in total. The van der Waals surface area contributed by atoms with Gasteiger partial charge in [0.05, 0.1) is 19.0 Å². The first-order valence-corrected chi connectivity index (χ1v) is 9.06. The standard InChI is InChI=1S/C17H19NO4S/c1-13-2-4-14(5-3-13)12-23(19,20)18-16-8-6-15(7-9-16)17-21-10-11-22-17/h2-9,17-18H,10-12H2,1H3. The van der Waals surface area contributed by atoms with E-state index in [1.807, 2.05) is 31.2 Å². The predicted octanol–water partition coefficient (Wildman–Crippen LogP) is 2.98. The molecular weight excluding hydrogens is 314 g/mol. The zero-order valence-corrected chi connectivity index (χ0v) is 13.7. The van der Waals surface area contributed by atoms with Crippen LogP contribution in [-0.2, 0) is 25.2 Å². The van der Waals surface area contributed by atoms with Crippen molar-refractivity contribution in [3.8, 4) is 0 Å². The van der Waals surface area contributed by atoms with Crippen LogP contribution in [-0.4, -0.2) is 21.6 Å². The molecule has 0 atom stereocenters. The zero-order chi connectivity index (χ0) is 16.3. The van der Waals surface area contributed by atoms with Gasteiger partial charge in [-0.25, -0.2) is 8.42 Å². The van der Waals surface area contributed by atoms with Gasteiger partial charge in [-0.05, 0) is 24.6 Å². The van der Waals surface area contributed by atoms with Crippen LogP contribution >= 0.6 is 0 Å². The second kappa shape index (κ2) is 6.70. The maximum atomic E-state index is 12.2. The summed E-state index contributed by atoms with van der Waals surface area (Å²) in [5.41, 5.74) is 3.27. The summed E-state index contributed by atoms with van der Waals surface area (Å²) in [7, 11) is -3.44. The summed E-state index contributed by atoms with van der Waals surface area (Å²) in [4.78, 5) is 0. The first kappa shape index (κ1) is 16.0. The number of ether oxygens (including phenoxy) is 2. The van der Waals surface area contributed by atoms with Gasteiger partial charge in [0.25, 0.3) is 0 Å². The summed E-state index contributed by atoms with van der Waals surface area (Å²) < 4.78 is 37.9. The number of sulfonamides is 1. The van der Waals surface area contributed by atoms with Crippen molar-refractivity contribution < 1.29 is 17.9 Å². The second-order valence-electron chi connectivity index (χ2n) is 5.54.